The molecule has 2 atom stereocenters. The van der Waals surface area contributed by atoms with Gasteiger partial charge in [0.2, 0.25) is 0 Å². The molecule has 0 heterocycles. The van der Waals surface area contributed by atoms with Crippen molar-refractivity contribution in [2.24, 2.45) is 5.92 Å². The second-order valence-electron chi connectivity index (χ2n) is 3.38. The van der Waals surface area contributed by atoms with Crippen LogP contribution in [0.3, 0.4) is 0 Å². The van der Waals surface area contributed by atoms with Crippen LogP contribution in [0.1, 0.15) is 12.5 Å². The first-order valence-electron chi connectivity index (χ1n) is 4.56. The van der Waals surface area contributed by atoms with E-state index in [0.717, 1.165) is 5.56 Å². The molecule has 1 aromatic rings. The molecule has 1 rings (SSSR count). The Balaban J connectivity index is 2.70. The van der Waals surface area contributed by atoms with Crippen molar-refractivity contribution in [3.63, 3.8) is 0 Å². The smallest absolute Gasteiger partial charge is 0.309 e. The summed E-state index contributed by atoms with van der Waals surface area (Å²) in [7, 11) is 0. The van der Waals surface area contributed by atoms with Gasteiger partial charge in [0.15, 0.2) is 0 Å². The predicted molar refractivity (Wildman–Crippen MR) is 53.0 cm³/mol. The van der Waals surface area contributed by atoms with Gasteiger partial charge in [0.1, 0.15) is 0 Å². The Morgan fingerprint density at radius 2 is 1.93 bits per heavy atom. The minimum atomic E-state index is -0.955. The molecule has 0 amide bonds. The van der Waals surface area contributed by atoms with Crippen molar-refractivity contribution in [3.8, 4) is 0 Å². The minimum Gasteiger partial charge on any atom is -0.481 e. The van der Waals surface area contributed by atoms with Gasteiger partial charge in [-0.15, -0.1) is 0 Å². The number of hydrogen-bond acceptors (Lipinski definition) is 2. The molecule has 0 radical (unpaired) electrons. The highest BCUT2D eigenvalue weighted by molar-refractivity contribution is 5.71. The summed E-state index contributed by atoms with van der Waals surface area (Å²) in [6.45, 7) is 1.50. The molecular formula is C11H14O3. The number of carbonyl (C=O) groups is 1. The van der Waals surface area contributed by atoms with Crippen LogP contribution in [0.4, 0.5) is 0 Å². The fraction of sp³-hybridized carbons (Fsp3) is 0.364. The standard InChI is InChI=1S/C11H14O3/c1-8(12)10(11(13)14)7-9-5-3-2-4-6-9/h2-6,8,10,12H,7H2,1H3,(H,13,14)/t8-,10+/m1/s1. The molecule has 76 valence electrons. The van der Waals surface area contributed by atoms with E-state index in [1.807, 2.05) is 30.3 Å². The van der Waals surface area contributed by atoms with Crippen molar-refractivity contribution in [1.29, 1.82) is 0 Å². The first-order chi connectivity index (χ1) is 6.61. The summed E-state index contributed by atoms with van der Waals surface area (Å²) in [5, 5.41) is 18.1. The van der Waals surface area contributed by atoms with Crippen LogP contribution in [0.15, 0.2) is 30.3 Å². The van der Waals surface area contributed by atoms with Crippen LogP contribution in [0, 0.1) is 5.92 Å². The summed E-state index contributed by atoms with van der Waals surface area (Å²) in [6, 6.07) is 9.31. The summed E-state index contributed by atoms with van der Waals surface area (Å²) in [6.07, 6.45) is -0.457. The van der Waals surface area contributed by atoms with Crippen LogP contribution < -0.4 is 0 Å². The Morgan fingerprint density at radius 3 is 2.36 bits per heavy atom. The van der Waals surface area contributed by atoms with E-state index in [4.69, 9.17) is 5.11 Å². The average molecular weight is 194 g/mol. The molecule has 0 unspecified atom stereocenters. The largest absolute Gasteiger partial charge is 0.481 e. The van der Waals surface area contributed by atoms with Crippen LogP contribution in [-0.4, -0.2) is 22.3 Å². The van der Waals surface area contributed by atoms with Crippen molar-refractivity contribution in [2.45, 2.75) is 19.4 Å². The van der Waals surface area contributed by atoms with Gasteiger partial charge < -0.3 is 10.2 Å². The molecule has 0 bridgehead atoms. The first-order valence-corrected chi connectivity index (χ1v) is 4.56. The van der Waals surface area contributed by atoms with Gasteiger partial charge in [-0.2, -0.15) is 0 Å². The van der Waals surface area contributed by atoms with Gasteiger partial charge in [-0.1, -0.05) is 30.3 Å². The van der Waals surface area contributed by atoms with Gasteiger partial charge in [0, 0.05) is 0 Å². The molecule has 1 aromatic carbocycles. The van der Waals surface area contributed by atoms with Gasteiger partial charge in [-0.05, 0) is 18.9 Å². The maximum absolute atomic E-state index is 10.8. The lowest BCUT2D eigenvalue weighted by molar-refractivity contribution is -0.145. The molecule has 14 heavy (non-hydrogen) atoms. The number of aliphatic carboxylic acids is 1. The van der Waals surface area contributed by atoms with Crippen LogP contribution >= 0.6 is 0 Å². The van der Waals surface area contributed by atoms with Crippen molar-refractivity contribution in [2.75, 3.05) is 0 Å². The quantitative estimate of drug-likeness (QED) is 0.759. The van der Waals surface area contributed by atoms with Crippen LogP contribution in [-0.2, 0) is 11.2 Å². The molecule has 0 fully saturated rings. The molecule has 0 spiro atoms. The molecule has 0 saturated carbocycles. The van der Waals surface area contributed by atoms with Gasteiger partial charge in [0.25, 0.3) is 0 Å². The summed E-state index contributed by atoms with van der Waals surface area (Å²) in [5.74, 6) is -1.68. The van der Waals surface area contributed by atoms with E-state index in [1.54, 1.807) is 0 Å². The maximum atomic E-state index is 10.8. The molecule has 0 saturated heterocycles. The average Bonchev–Trinajstić information content (AvgIpc) is 2.15. The van der Waals surface area contributed by atoms with Crippen LogP contribution in [0.25, 0.3) is 0 Å². The van der Waals surface area contributed by atoms with Crippen molar-refractivity contribution >= 4 is 5.97 Å². The molecule has 0 aliphatic heterocycles. The zero-order valence-corrected chi connectivity index (χ0v) is 8.05. The maximum Gasteiger partial charge on any atom is 0.309 e. The van der Waals surface area contributed by atoms with Gasteiger partial charge in [-0.3, -0.25) is 4.79 Å². The first kappa shape index (κ1) is 10.7. The minimum absolute atomic E-state index is 0.369. The molecule has 3 nitrogen and oxygen atoms in total. The lowest BCUT2D eigenvalue weighted by Crippen LogP contribution is -2.27. The Kier molecular flexibility index (Phi) is 3.65. The Labute approximate surface area is 83.0 Å². The number of rotatable bonds is 4. The summed E-state index contributed by atoms with van der Waals surface area (Å²) >= 11 is 0. The summed E-state index contributed by atoms with van der Waals surface area (Å²) in [4.78, 5) is 10.8. The van der Waals surface area contributed by atoms with Crippen LogP contribution in [0.2, 0.25) is 0 Å². The second-order valence-corrected chi connectivity index (χ2v) is 3.38. The van der Waals surface area contributed by atoms with E-state index in [1.165, 1.54) is 6.92 Å². The third kappa shape index (κ3) is 2.85. The lowest BCUT2D eigenvalue weighted by atomic mass is 9.95. The third-order valence-corrected chi connectivity index (χ3v) is 2.20. The number of aliphatic hydroxyl groups is 1. The third-order valence-electron chi connectivity index (χ3n) is 2.20. The Morgan fingerprint density at radius 1 is 1.36 bits per heavy atom. The number of carboxylic acids is 1. The van der Waals surface area contributed by atoms with E-state index in [0.29, 0.717) is 6.42 Å². The highest BCUT2D eigenvalue weighted by Crippen LogP contribution is 2.12. The fourth-order valence-electron chi connectivity index (χ4n) is 1.33. The predicted octanol–water partition coefficient (Wildman–Crippen LogP) is 1.31. The van der Waals surface area contributed by atoms with Gasteiger partial charge in [0.05, 0.1) is 12.0 Å². The fourth-order valence-corrected chi connectivity index (χ4v) is 1.33. The van der Waals surface area contributed by atoms with Crippen molar-refractivity contribution in [1.82, 2.24) is 0 Å². The summed E-state index contributed by atoms with van der Waals surface area (Å²) in [5.41, 5.74) is 0.931. The van der Waals surface area contributed by atoms with Crippen molar-refractivity contribution in [3.05, 3.63) is 35.9 Å². The second kappa shape index (κ2) is 4.77. The molecule has 2 N–H and O–H groups in total. The van der Waals surface area contributed by atoms with Crippen LogP contribution in [0.5, 0.6) is 0 Å². The van der Waals surface area contributed by atoms with Crippen molar-refractivity contribution < 1.29 is 15.0 Å². The molecule has 0 aliphatic carbocycles. The Hall–Kier alpha value is -1.35. The number of benzene rings is 1. The highest BCUT2D eigenvalue weighted by Gasteiger charge is 2.22. The lowest BCUT2D eigenvalue weighted by Gasteiger charge is -2.14. The highest BCUT2D eigenvalue weighted by atomic mass is 16.4. The summed E-state index contributed by atoms with van der Waals surface area (Å²) < 4.78 is 0. The van der Waals surface area contributed by atoms with Gasteiger partial charge >= 0.3 is 5.97 Å². The zero-order chi connectivity index (χ0) is 10.6. The van der Waals surface area contributed by atoms with E-state index in [2.05, 4.69) is 0 Å². The van der Waals surface area contributed by atoms with Gasteiger partial charge in [-0.25, -0.2) is 0 Å². The molecule has 3 heteroatoms. The molecule has 0 aliphatic rings. The normalized spacial score (nSPS) is 14.7. The Bertz CT molecular complexity index is 293. The van der Waals surface area contributed by atoms with E-state index in [-0.39, 0.29) is 0 Å². The SMILES string of the molecule is C[C@@H](O)[C@H](Cc1ccccc1)C(=O)O. The van der Waals surface area contributed by atoms with E-state index in [9.17, 15) is 9.90 Å². The zero-order valence-electron chi connectivity index (χ0n) is 8.05. The molecular weight excluding hydrogens is 180 g/mol. The van der Waals surface area contributed by atoms with E-state index >= 15 is 0 Å². The number of carboxylic acid groups (broad SMARTS) is 1. The number of hydrogen-bond donors (Lipinski definition) is 2. The topological polar surface area (TPSA) is 57.5 Å². The monoisotopic (exact) mass is 194 g/mol. The molecule has 0 aromatic heterocycles. The number of aliphatic hydroxyl groups excluding tert-OH is 1. The van der Waals surface area contributed by atoms with E-state index < -0.39 is 18.0 Å².